The first-order valence-electron chi connectivity index (χ1n) is 4.02. The molecular formula is C10H9NO2. The molecule has 1 heterocycles. The molecule has 0 amide bonds. The Kier molecular flexibility index (Phi) is 1.49. The quantitative estimate of drug-likeness (QED) is 0.511. The standard InChI is InChI=1S/C10H9NO2/c1-6-5-7-8(12)3-4-9(13)10(7)11(6)2/h3-4H,1,5H2,2H3. The van der Waals surface area contributed by atoms with Gasteiger partial charge in [-0.3, -0.25) is 9.59 Å². The van der Waals surface area contributed by atoms with Crippen LogP contribution in [0.5, 0.6) is 0 Å². The van der Waals surface area contributed by atoms with Crippen molar-refractivity contribution in [3.63, 3.8) is 0 Å². The second kappa shape index (κ2) is 2.42. The largest absolute Gasteiger partial charge is 0.345 e. The van der Waals surface area contributed by atoms with E-state index < -0.39 is 0 Å². The lowest BCUT2D eigenvalue weighted by molar-refractivity contribution is -0.115. The number of nitrogens with zero attached hydrogens (tertiary/aromatic N) is 1. The molecule has 0 fully saturated rings. The molecule has 1 aliphatic carbocycles. The van der Waals surface area contributed by atoms with Crippen molar-refractivity contribution in [2.24, 2.45) is 0 Å². The molecule has 0 aromatic heterocycles. The van der Waals surface area contributed by atoms with Crippen LogP contribution in [0.2, 0.25) is 0 Å². The van der Waals surface area contributed by atoms with E-state index in [0.717, 1.165) is 5.70 Å². The number of rotatable bonds is 0. The highest BCUT2D eigenvalue weighted by Gasteiger charge is 2.32. The number of ketones is 2. The fourth-order valence-corrected chi connectivity index (χ4v) is 1.62. The summed E-state index contributed by atoms with van der Waals surface area (Å²) in [4.78, 5) is 24.4. The molecule has 3 heteroatoms. The number of hydrogen-bond acceptors (Lipinski definition) is 3. The van der Waals surface area contributed by atoms with Crippen molar-refractivity contribution >= 4 is 11.6 Å². The predicted octanol–water partition coefficient (Wildman–Crippen LogP) is 0.798. The van der Waals surface area contributed by atoms with Crippen molar-refractivity contribution in [2.75, 3.05) is 7.05 Å². The second-order valence-electron chi connectivity index (χ2n) is 3.19. The zero-order valence-corrected chi connectivity index (χ0v) is 7.33. The predicted molar refractivity (Wildman–Crippen MR) is 47.7 cm³/mol. The van der Waals surface area contributed by atoms with Gasteiger partial charge in [-0.1, -0.05) is 6.58 Å². The van der Waals surface area contributed by atoms with E-state index in [1.807, 2.05) is 0 Å². The third-order valence-corrected chi connectivity index (χ3v) is 2.39. The molecule has 0 N–H and O–H groups in total. The lowest BCUT2D eigenvalue weighted by Gasteiger charge is -2.16. The Labute approximate surface area is 76.0 Å². The summed E-state index contributed by atoms with van der Waals surface area (Å²) in [5.41, 5.74) is 1.88. The van der Waals surface area contributed by atoms with Gasteiger partial charge in [0, 0.05) is 24.7 Å². The molecule has 66 valence electrons. The summed E-state index contributed by atoms with van der Waals surface area (Å²) in [6.45, 7) is 3.78. The molecule has 0 spiro atoms. The molecule has 0 radical (unpaired) electrons. The summed E-state index contributed by atoms with van der Waals surface area (Å²) in [5, 5.41) is 0. The summed E-state index contributed by atoms with van der Waals surface area (Å²) in [6, 6.07) is 0. The van der Waals surface area contributed by atoms with E-state index in [0.29, 0.717) is 17.7 Å². The Morgan fingerprint density at radius 1 is 1.31 bits per heavy atom. The fraction of sp³-hybridized carbons (Fsp3) is 0.200. The molecule has 13 heavy (non-hydrogen) atoms. The van der Waals surface area contributed by atoms with E-state index in [9.17, 15) is 9.59 Å². The first-order valence-corrected chi connectivity index (χ1v) is 4.02. The van der Waals surface area contributed by atoms with E-state index in [2.05, 4.69) is 6.58 Å². The summed E-state index contributed by atoms with van der Waals surface area (Å²) in [7, 11) is 1.76. The number of allylic oxidation sites excluding steroid dienone is 3. The van der Waals surface area contributed by atoms with Crippen LogP contribution in [0, 0.1) is 0 Å². The van der Waals surface area contributed by atoms with Crippen LogP contribution in [-0.4, -0.2) is 23.5 Å². The first kappa shape index (κ1) is 7.98. The van der Waals surface area contributed by atoms with E-state index in [1.165, 1.54) is 12.2 Å². The van der Waals surface area contributed by atoms with Gasteiger partial charge in [-0.2, -0.15) is 0 Å². The Morgan fingerprint density at radius 3 is 2.54 bits per heavy atom. The highest BCUT2D eigenvalue weighted by Crippen LogP contribution is 2.32. The van der Waals surface area contributed by atoms with Gasteiger partial charge in [0.25, 0.3) is 0 Å². The van der Waals surface area contributed by atoms with Crippen molar-refractivity contribution in [3.8, 4) is 0 Å². The lowest BCUT2D eigenvalue weighted by Crippen LogP contribution is -2.20. The maximum atomic E-state index is 11.4. The average Bonchev–Trinajstić information content (AvgIpc) is 2.38. The van der Waals surface area contributed by atoms with Gasteiger partial charge in [0.15, 0.2) is 5.78 Å². The topological polar surface area (TPSA) is 37.4 Å². The number of likely N-dealkylation sites (N-methyl/N-ethyl adjacent to an activating group) is 1. The lowest BCUT2D eigenvalue weighted by atomic mass is 10.0. The van der Waals surface area contributed by atoms with Gasteiger partial charge in [0.2, 0.25) is 5.78 Å². The fourth-order valence-electron chi connectivity index (χ4n) is 1.62. The number of hydrogen-bond donors (Lipinski definition) is 0. The minimum atomic E-state index is -0.101. The summed E-state index contributed by atoms with van der Waals surface area (Å²) in [6.07, 6.45) is 3.14. The average molecular weight is 175 g/mol. The molecule has 1 aliphatic heterocycles. The van der Waals surface area contributed by atoms with E-state index in [4.69, 9.17) is 0 Å². The Balaban J connectivity index is 2.53. The molecule has 0 aromatic carbocycles. The number of carbonyl (C=O) groups is 2. The normalized spacial score (nSPS) is 21.6. The monoisotopic (exact) mass is 175 g/mol. The van der Waals surface area contributed by atoms with Crippen LogP contribution in [0.4, 0.5) is 0 Å². The van der Waals surface area contributed by atoms with Crippen LogP contribution in [0.25, 0.3) is 0 Å². The van der Waals surface area contributed by atoms with E-state index in [-0.39, 0.29) is 11.6 Å². The number of carbonyl (C=O) groups excluding carboxylic acids is 2. The molecule has 0 atom stereocenters. The van der Waals surface area contributed by atoms with Crippen LogP contribution >= 0.6 is 0 Å². The van der Waals surface area contributed by atoms with Gasteiger partial charge in [-0.25, -0.2) is 0 Å². The maximum Gasteiger partial charge on any atom is 0.202 e. The summed E-state index contributed by atoms with van der Waals surface area (Å²) < 4.78 is 0. The van der Waals surface area contributed by atoms with Gasteiger partial charge in [0.05, 0.1) is 5.70 Å². The van der Waals surface area contributed by atoms with Gasteiger partial charge >= 0.3 is 0 Å². The highest BCUT2D eigenvalue weighted by molar-refractivity contribution is 6.20. The molecule has 0 saturated carbocycles. The minimum Gasteiger partial charge on any atom is -0.345 e. The molecule has 0 aromatic rings. The Hall–Kier alpha value is -1.64. The van der Waals surface area contributed by atoms with Crippen molar-refractivity contribution in [1.82, 2.24) is 4.90 Å². The molecule has 2 aliphatic rings. The van der Waals surface area contributed by atoms with Crippen molar-refractivity contribution in [1.29, 1.82) is 0 Å². The minimum absolute atomic E-state index is 0.0694. The van der Waals surface area contributed by atoms with Crippen molar-refractivity contribution < 1.29 is 9.59 Å². The molecular weight excluding hydrogens is 166 g/mol. The Bertz CT molecular complexity index is 388. The van der Waals surface area contributed by atoms with Crippen LogP contribution < -0.4 is 0 Å². The molecule has 0 bridgehead atoms. The third-order valence-electron chi connectivity index (χ3n) is 2.39. The van der Waals surface area contributed by atoms with E-state index in [1.54, 1.807) is 11.9 Å². The van der Waals surface area contributed by atoms with Crippen LogP contribution in [0.3, 0.4) is 0 Å². The van der Waals surface area contributed by atoms with Gasteiger partial charge < -0.3 is 4.90 Å². The first-order chi connectivity index (χ1) is 6.11. The van der Waals surface area contributed by atoms with Crippen molar-refractivity contribution in [2.45, 2.75) is 6.42 Å². The van der Waals surface area contributed by atoms with Crippen LogP contribution in [0.15, 0.2) is 35.7 Å². The Morgan fingerprint density at radius 2 is 1.92 bits per heavy atom. The summed E-state index contributed by atoms with van der Waals surface area (Å²) in [5.74, 6) is -0.171. The maximum absolute atomic E-state index is 11.4. The smallest absolute Gasteiger partial charge is 0.202 e. The zero-order chi connectivity index (χ0) is 9.59. The SMILES string of the molecule is C=C1CC2=C(C(=O)C=CC2=O)N1C. The second-order valence-corrected chi connectivity index (χ2v) is 3.19. The summed E-state index contributed by atoms with van der Waals surface area (Å²) >= 11 is 0. The highest BCUT2D eigenvalue weighted by atomic mass is 16.1. The molecule has 0 unspecified atom stereocenters. The molecule has 0 saturated heterocycles. The molecule has 3 nitrogen and oxygen atoms in total. The van der Waals surface area contributed by atoms with Gasteiger partial charge in [-0.05, 0) is 12.2 Å². The zero-order valence-electron chi connectivity index (χ0n) is 7.33. The van der Waals surface area contributed by atoms with Gasteiger partial charge in [0.1, 0.15) is 0 Å². The van der Waals surface area contributed by atoms with Gasteiger partial charge in [-0.15, -0.1) is 0 Å². The van der Waals surface area contributed by atoms with E-state index >= 15 is 0 Å². The van der Waals surface area contributed by atoms with Crippen molar-refractivity contribution in [3.05, 3.63) is 35.7 Å². The molecule has 2 rings (SSSR count). The third kappa shape index (κ3) is 0.967. The van der Waals surface area contributed by atoms with Crippen LogP contribution in [0.1, 0.15) is 6.42 Å². The van der Waals surface area contributed by atoms with Crippen LogP contribution in [-0.2, 0) is 9.59 Å².